The fraction of sp³-hybridized carbons (Fsp3) is 1.00. The van der Waals surface area contributed by atoms with Crippen molar-refractivity contribution in [3.05, 3.63) is 0 Å². The SMILES string of the molecule is C[C@H](CCNN)S(C)(=O)=O. The maximum Gasteiger partial charge on any atom is 0.150 e. The van der Waals surface area contributed by atoms with Gasteiger partial charge in [0.15, 0.2) is 0 Å². The zero-order valence-electron chi connectivity index (χ0n) is 6.29. The summed E-state index contributed by atoms with van der Waals surface area (Å²) in [6.45, 7) is 2.21. The van der Waals surface area contributed by atoms with E-state index in [0.717, 1.165) is 0 Å². The number of hydrogen-bond acceptors (Lipinski definition) is 4. The average Bonchev–Trinajstić information content (AvgIpc) is 1.80. The minimum Gasteiger partial charge on any atom is -0.271 e. The van der Waals surface area contributed by atoms with E-state index in [1.807, 2.05) is 0 Å². The Morgan fingerprint density at radius 1 is 1.60 bits per heavy atom. The summed E-state index contributed by atoms with van der Waals surface area (Å²) in [5.41, 5.74) is 2.41. The summed E-state index contributed by atoms with van der Waals surface area (Å²) < 4.78 is 21.5. The van der Waals surface area contributed by atoms with Gasteiger partial charge in [-0.1, -0.05) is 0 Å². The first kappa shape index (κ1) is 9.87. The monoisotopic (exact) mass is 166 g/mol. The Labute approximate surface area is 61.7 Å². The first-order valence-electron chi connectivity index (χ1n) is 3.11. The third kappa shape index (κ3) is 3.81. The van der Waals surface area contributed by atoms with E-state index in [4.69, 9.17) is 5.84 Å². The van der Waals surface area contributed by atoms with Crippen LogP contribution in [0.5, 0.6) is 0 Å². The van der Waals surface area contributed by atoms with Crippen LogP contribution in [-0.4, -0.2) is 26.5 Å². The normalized spacial score (nSPS) is 15.1. The molecule has 3 N–H and O–H groups in total. The molecule has 0 amide bonds. The van der Waals surface area contributed by atoms with E-state index < -0.39 is 9.84 Å². The highest BCUT2D eigenvalue weighted by Gasteiger charge is 2.12. The van der Waals surface area contributed by atoms with E-state index in [9.17, 15) is 8.42 Å². The lowest BCUT2D eigenvalue weighted by atomic mass is 10.3. The second kappa shape index (κ2) is 3.90. The smallest absolute Gasteiger partial charge is 0.150 e. The molecule has 62 valence electrons. The van der Waals surface area contributed by atoms with Gasteiger partial charge in [0.1, 0.15) is 9.84 Å². The van der Waals surface area contributed by atoms with Crippen LogP contribution in [0, 0.1) is 0 Å². The van der Waals surface area contributed by atoms with Crippen molar-refractivity contribution in [1.29, 1.82) is 0 Å². The Balaban J connectivity index is 3.75. The number of sulfone groups is 1. The summed E-state index contributed by atoms with van der Waals surface area (Å²) in [4.78, 5) is 0. The van der Waals surface area contributed by atoms with Gasteiger partial charge in [0, 0.05) is 12.8 Å². The number of nitrogens with two attached hydrogens (primary N) is 1. The zero-order chi connectivity index (χ0) is 8.20. The Hall–Kier alpha value is -0.130. The second-order valence-electron chi connectivity index (χ2n) is 2.38. The predicted octanol–water partition coefficient (Wildman–Crippen LogP) is -0.727. The summed E-state index contributed by atoms with van der Waals surface area (Å²) in [5, 5.41) is -0.302. The van der Waals surface area contributed by atoms with Gasteiger partial charge in [-0.05, 0) is 13.3 Å². The Kier molecular flexibility index (Phi) is 3.85. The predicted molar refractivity (Wildman–Crippen MR) is 41.1 cm³/mol. The van der Waals surface area contributed by atoms with Gasteiger partial charge in [-0.15, -0.1) is 0 Å². The Bertz CT molecular complexity index is 176. The molecule has 0 radical (unpaired) electrons. The summed E-state index contributed by atoms with van der Waals surface area (Å²) in [6, 6.07) is 0. The van der Waals surface area contributed by atoms with Crippen molar-refractivity contribution in [2.24, 2.45) is 5.84 Å². The third-order valence-corrected chi connectivity index (χ3v) is 3.12. The van der Waals surface area contributed by atoms with Crippen LogP contribution in [0.15, 0.2) is 0 Å². The summed E-state index contributed by atoms with van der Waals surface area (Å²) >= 11 is 0. The van der Waals surface area contributed by atoms with Crippen molar-refractivity contribution in [3.8, 4) is 0 Å². The van der Waals surface area contributed by atoms with Crippen LogP contribution in [0.4, 0.5) is 0 Å². The number of rotatable bonds is 4. The molecule has 0 saturated heterocycles. The van der Waals surface area contributed by atoms with Crippen LogP contribution in [-0.2, 0) is 9.84 Å². The van der Waals surface area contributed by atoms with Gasteiger partial charge in [-0.2, -0.15) is 0 Å². The Morgan fingerprint density at radius 3 is 2.40 bits per heavy atom. The quantitative estimate of drug-likeness (QED) is 0.427. The van der Waals surface area contributed by atoms with E-state index in [1.54, 1.807) is 6.92 Å². The lowest BCUT2D eigenvalue weighted by molar-refractivity contribution is 0.576. The van der Waals surface area contributed by atoms with E-state index >= 15 is 0 Å². The molecule has 0 bridgehead atoms. The first-order valence-corrected chi connectivity index (χ1v) is 5.06. The van der Waals surface area contributed by atoms with Gasteiger partial charge in [0.25, 0.3) is 0 Å². The fourth-order valence-electron chi connectivity index (χ4n) is 0.501. The number of hydrogen-bond donors (Lipinski definition) is 2. The molecule has 5 heteroatoms. The maximum absolute atomic E-state index is 10.8. The van der Waals surface area contributed by atoms with Crippen LogP contribution in [0.3, 0.4) is 0 Å². The highest BCUT2D eigenvalue weighted by Crippen LogP contribution is 2.00. The topological polar surface area (TPSA) is 72.2 Å². The van der Waals surface area contributed by atoms with Crippen LogP contribution < -0.4 is 11.3 Å². The van der Waals surface area contributed by atoms with E-state index in [2.05, 4.69) is 5.43 Å². The van der Waals surface area contributed by atoms with Crippen molar-refractivity contribution >= 4 is 9.84 Å². The minimum atomic E-state index is -2.87. The largest absolute Gasteiger partial charge is 0.271 e. The van der Waals surface area contributed by atoms with E-state index in [-0.39, 0.29) is 5.25 Å². The third-order valence-electron chi connectivity index (χ3n) is 1.43. The van der Waals surface area contributed by atoms with Crippen LogP contribution in [0.2, 0.25) is 0 Å². The molecule has 0 rings (SSSR count). The van der Waals surface area contributed by atoms with E-state index in [0.29, 0.717) is 13.0 Å². The molecule has 0 fully saturated rings. The lowest BCUT2D eigenvalue weighted by Crippen LogP contribution is -2.28. The summed E-state index contributed by atoms with van der Waals surface area (Å²) in [5.74, 6) is 4.98. The highest BCUT2D eigenvalue weighted by atomic mass is 32.2. The molecule has 0 aromatic rings. The molecule has 4 nitrogen and oxygen atoms in total. The average molecular weight is 166 g/mol. The van der Waals surface area contributed by atoms with Crippen LogP contribution >= 0.6 is 0 Å². The van der Waals surface area contributed by atoms with Gasteiger partial charge >= 0.3 is 0 Å². The standard InChI is InChI=1S/C5H14N2O2S/c1-5(3-4-7-6)10(2,8)9/h5,7H,3-4,6H2,1-2H3/t5-/m1/s1. The fourth-order valence-corrected chi connectivity index (χ4v) is 1.05. The van der Waals surface area contributed by atoms with Gasteiger partial charge in [-0.3, -0.25) is 11.3 Å². The first-order chi connectivity index (χ1) is 4.48. The van der Waals surface area contributed by atoms with Crippen molar-refractivity contribution in [2.75, 3.05) is 12.8 Å². The van der Waals surface area contributed by atoms with Crippen molar-refractivity contribution < 1.29 is 8.42 Å². The molecule has 0 aromatic carbocycles. The highest BCUT2D eigenvalue weighted by molar-refractivity contribution is 7.91. The molecule has 0 aliphatic rings. The molecule has 0 aliphatic carbocycles. The molecule has 0 unspecified atom stereocenters. The van der Waals surface area contributed by atoms with Crippen LogP contribution in [0.1, 0.15) is 13.3 Å². The molecular formula is C5H14N2O2S. The van der Waals surface area contributed by atoms with Crippen molar-refractivity contribution in [1.82, 2.24) is 5.43 Å². The molecule has 0 aromatic heterocycles. The zero-order valence-corrected chi connectivity index (χ0v) is 7.11. The second-order valence-corrected chi connectivity index (χ2v) is 4.85. The van der Waals surface area contributed by atoms with Gasteiger partial charge < -0.3 is 0 Å². The van der Waals surface area contributed by atoms with Crippen LogP contribution in [0.25, 0.3) is 0 Å². The minimum absolute atomic E-state index is 0.302. The van der Waals surface area contributed by atoms with Gasteiger partial charge in [0.05, 0.1) is 5.25 Å². The molecule has 0 spiro atoms. The molecule has 10 heavy (non-hydrogen) atoms. The molecule has 1 atom stereocenters. The summed E-state index contributed by atoms with van der Waals surface area (Å²) in [7, 11) is -2.87. The lowest BCUT2D eigenvalue weighted by Gasteiger charge is -2.06. The van der Waals surface area contributed by atoms with Crippen molar-refractivity contribution in [3.63, 3.8) is 0 Å². The van der Waals surface area contributed by atoms with E-state index in [1.165, 1.54) is 6.26 Å². The molecule has 0 saturated carbocycles. The van der Waals surface area contributed by atoms with Crippen molar-refractivity contribution in [2.45, 2.75) is 18.6 Å². The number of hydrazine groups is 1. The maximum atomic E-state index is 10.8. The number of nitrogens with one attached hydrogen (secondary N) is 1. The summed E-state index contributed by atoms with van der Waals surface area (Å²) in [6.07, 6.45) is 1.80. The van der Waals surface area contributed by atoms with Gasteiger partial charge in [-0.25, -0.2) is 8.42 Å². The molecule has 0 aliphatic heterocycles. The molecule has 0 heterocycles. The Morgan fingerprint density at radius 2 is 2.10 bits per heavy atom. The molecular weight excluding hydrogens is 152 g/mol. The van der Waals surface area contributed by atoms with Gasteiger partial charge in [0.2, 0.25) is 0 Å².